The number of benzene rings is 1. The minimum atomic E-state index is 0.0965. The maximum absolute atomic E-state index is 9.01. The fraction of sp³-hybridized carbons (Fsp3) is 0. The Morgan fingerprint density at radius 3 is 1.81 bits per heavy atom. The van der Waals surface area contributed by atoms with Crippen LogP contribution in [0.15, 0.2) is 35.6 Å². The molecule has 21 heavy (non-hydrogen) atoms. The van der Waals surface area contributed by atoms with Gasteiger partial charge in [0, 0.05) is 11.1 Å². The summed E-state index contributed by atoms with van der Waals surface area (Å²) in [6.45, 7) is 0. The highest BCUT2D eigenvalue weighted by atomic mass is 14.6. The molecule has 0 saturated carbocycles. The Morgan fingerprint density at radius 1 is 0.762 bits per heavy atom. The first-order chi connectivity index (χ1) is 10.2. The van der Waals surface area contributed by atoms with Crippen molar-refractivity contribution < 1.29 is 0 Å². The van der Waals surface area contributed by atoms with E-state index in [1.54, 1.807) is 12.2 Å². The van der Waals surface area contributed by atoms with Gasteiger partial charge < -0.3 is 5.73 Å². The van der Waals surface area contributed by atoms with E-state index < -0.39 is 0 Å². The Morgan fingerprint density at radius 2 is 1.29 bits per heavy atom. The summed E-state index contributed by atoms with van der Waals surface area (Å²) in [4.78, 5) is 0. The third kappa shape index (κ3) is 1.74. The van der Waals surface area contributed by atoms with E-state index >= 15 is 0 Å². The Labute approximate surface area is 121 Å². The number of nitriles is 3. The number of fused-ring (bicyclic) bond motifs is 2. The average molecular weight is 268 g/mol. The van der Waals surface area contributed by atoms with Crippen molar-refractivity contribution in [3.63, 3.8) is 0 Å². The first-order valence-corrected chi connectivity index (χ1v) is 6.19. The standard InChI is InChI=1S/C17H8N4/c18-7-12(8-19)13-3-1-10-6-16-11(5-15(10)13)2-4-14(16)17(21)9-20/h1-6H,21H2/b17-14-. The van der Waals surface area contributed by atoms with Crippen molar-refractivity contribution in [3.8, 4) is 18.2 Å². The van der Waals surface area contributed by atoms with E-state index in [2.05, 4.69) is 0 Å². The van der Waals surface area contributed by atoms with Crippen molar-refractivity contribution in [2.75, 3.05) is 0 Å². The molecule has 4 nitrogen and oxygen atoms in total. The molecule has 0 heterocycles. The highest BCUT2D eigenvalue weighted by Gasteiger charge is 2.21. The summed E-state index contributed by atoms with van der Waals surface area (Å²) >= 11 is 0. The Hall–Kier alpha value is -3.55. The fourth-order valence-corrected chi connectivity index (χ4v) is 2.56. The topological polar surface area (TPSA) is 97.4 Å². The lowest BCUT2D eigenvalue weighted by atomic mass is 9.95. The monoisotopic (exact) mass is 268 g/mol. The second-order valence-electron chi connectivity index (χ2n) is 4.64. The molecule has 1 aromatic carbocycles. The molecule has 0 spiro atoms. The van der Waals surface area contributed by atoms with Crippen LogP contribution in [0.25, 0.3) is 23.3 Å². The quantitative estimate of drug-likeness (QED) is 0.731. The molecule has 3 rings (SSSR count). The highest BCUT2D eigenvalue weighted by molar-refractivity contribution is 5.99. The molecule has 0 radical (unpaired) electrons. The first-order valence-electron chi connectivity index (χ1n) is 6.19. The number of hydrogen-bond acceptors (Lipinski definition) is 4. The molecule has 2 aliphatic rings. The predicted molar refractivity (Wildman–Crippen MR) is 79.4 cm³/mol. The lowest BCUT2D eigenvalue weighted by molar-refractivity contribution is 1.39. The van der Waals surface area contributed by atoms with Crippen LogP contribution in [0.1, 0.15) is 22.3 Å². The summed E-state index contributed by atoms with van der Waals surface area (Å²) in [7, 11) is 0. The lowest BCUT2D eigenvalue weighted by Gasteiger charge is -2.07. The van der Waals surface area contributed by atoms with Crippen molar-refractivity contribution >= 4 is 23.3 Å². The second kappa shape index (κ2) is 4.53. The number of allylic oxidation sites excluding steroid dienone is 6. The third-order valence-corrected chi connectivity index (χ3v) is 3.56. The van der Waals surface area contributed by atoms with Gasteiger partial charge >= 0.3 is 0 Å². The van der Waals surface area contributed by atoms with E-state index in [9.17, 15) is 0 Å². The van der Waals surface area contributed by atoms with Gasteiger partial charge in [0.15, 0.2) is 0 Å². The maximum atomic E-state index is 9.01. The number of rotatable bonds is 0. The maximum Gasteiger partial charge on any atom is 0.137 e. The molecule has 2 aliphatic carbocycles. The van der Waals surface area contributed by atoms with Gasteiger partial charge in [-0.1, -0.05) is 24.3 Å². The van der Waals surface area contributed by atoms with Gasteiger partial charge in [0.25, 0.3) is 0 Å². The molecule has 1 aromatic rings. The van der Waals surface area contributed by atoms with Gasteiger partial charge in [-0.25, -0.2) is 0 Å². The zero-order valence-corrected chi connectivity index (χ0v) is 10.9. The Balaban J connectivity index is 2.24. The van der Waals surface area contributed by atoms with Crippen molar-refractivity contribution in [3.05, 3.63) is 57.8 Å². The van der Waals surface area contributed by atoms with Gasteiger partial charge in [0.05, 0.1) is 0 Å². The summed E-state index contributed by atoms with van der Waals surface area (Å²) in [5, 5.41) is 27.0. The molecular formula is C17H8N4. The van der Waals surface area contributed by atoms with Crippen LogP contribution in [0.3, 0.4) is 0 Å². The molecule has 0 aliphatic heterocycles. The normalized spacial score (nSPS) is 15.8. The first kappa shape index (κ1) is 12.5. The zero-order chi connectivity index (χ0) is 15.0. The molecule has 0 fully saturated rings. The SMILES string of the molecule is N#CC(C#N)=C1C=Cc2cc3c(cc21)C=C/C3=C(/N)C#N. The molecule has 4 heteroatoms. The minimum Gasteiger partial charge on any atom is -0.390 e. The molecule has 96 valence electrons. The summed E-state index contributed by atoms with van der Waals surface area (Å²) < 4.78 is 0. The molecular weight excluding hydrogens is 260 g/mol. The Bertz CT molecular complexity index is 903. The van der Waals surface area contributed by atoms with Gasteiger partial charge in [-0.15, -0.1) is 0 Å². The van der Waals surface area contributed by atoms with E-state index in [4.69, 9.17) is 21.5 Å². The fourth-order valence-electron chi connectivity index (χ4n) is 2.56. The van der Waals surface area contributed by atoms with E-state index in [0.717, 1.165) is 22.3 Å². The number of nitrogens with zero attached hydrogens (tertiary/aromatic N) is 3. The van der Waals surface area contributed by atoms with Crippen molar-refractivity contribution in [1.29, 1.82) is 15.8 Å². The molecule has 0 bridgehead atoms. The Kier molecular flexibility index (Phi) is 2.69. The summed E-state index contributed by atoms with van der Waals surface area (Å²) in [5.41, 5.74) is 10.9. The summed E-state index contributed by atoms with van der Waals surface area (Å²) in [5.74, 6) is 0. The molecule has 2 N–H and O–H groups in total. The second-order valence-corrected chi connectivity index (χ2v) is 4.64. The van der Waals surface area contributed by atoms with E-state index in [1.807, 2.05) is 42.5 Å². The van der Waals surface area contributed by atoms with Crippen molar-refractivity contribution in [2.45, 2.75) is 0 Å². The van der Waals surface area contributed by atoms with Crippen LogP contribution in [-0.2, 0) is 0 Å². The molecule has 0 amide bonds. The van der Waals surface area contributed by atoms with Crippen molar-refractivity contribution in [1.82, 2.24) is 0 Å². The zero-order valence-electron chi connectivity index (χ0n) is 10.9. The van der Waals surface area contributed by atoms with E-state index in [-0.39, 0.29) is 11.3 Å². The predicted octanol–water partition coefficient (Wildman–Crippen LogP) is 2.73. The smallest absolute Gasteiger partial charge is 0.137 e. The largest absolute Gasteiger partial charge is 0.390 e. The van der Waals surface area contributed by atoms with Crippen LogP contribution in [0.5, 0.6) is 0 Å². The van der Waals surface area contributed by atoms with Crippen LogP contribution in [0.4, 0.5) is 0 Å². The molecule has 0 aromatic heterocycles. The molecule has 0 unspecified atom stereocenters. The van der Waals surface area contributed by atoms with Crippen LogP contribution in [-0.4, -0.2) is 0 Å². The van der Waals surface area contributed by atoms with Crippen LogP contribution in [0.2, 0.25) is 0 Å². The van der Waals surface area contributed by atoms with Gasteiger partial charge in [0.2, 0.25) is 0 Å². The van der Waals surface area contributed by atoms with Gasteiger partial charge in [0.1, 0.15) is 29.5 Å². The van der Waals surface area contributed by atoms with Gasteiger partial charge in [-0.2, -0.15) is 15.8 Å². The van der Waals surface area contributed by atoms with E-state index in [0.29, 0.717) is 11.1 Å². The minimum absolute atomic E-state index is 0.0965. The number of nitrogens with two attached hydrogens (primary N) is 1. The van der Waals surface area contributed by atoms with Crippen molar-refractivity contribution in [2.24, 2.45) is 5.73 Å². The molecule has 0 atom stereocenters. The van der Waals surface area contributed by atoms with Crippen LogP contribution in [0, 0.1) is 34.0 Å². The number of hydrogen-bond donors (Lipinski definition) is 1. The summed E-state index contributed by atoms with van der Waals surface area (Å²) in [6.07, 6.45) is 7.31. The van der Waals surface area contributed by atoms with Gasteiger partial charge in [-0.3, -0.25) is 0 Å². The lowest BCUT2D eigenvalue weighted by Crippen LogP contribution is -1.98. The highest BCUT2D eigenvalue weighted by Crippen LogP contribution is 2.39. The van der Waals surface area contributed by atoms with Crippen LogP contribution >= 0.6 is 0 Å². The van der Waals surface area contributed by atoms with E-state index in [1.165, 1.54) is 0 Å². The van der Waals surface area contributed by atoms with Crippen LogP contribution < -0.4 is 5.73 Å². The van der Waals surface area contributed by atoms with Gasteiger partial charge in [-0.05, 0) is 34.4 Å². The summed E-state index contributed by atoms with van der Waals surface area (Å²) in [6, 6.07) is 9.63. The third-order valence-electron chi connectivity index (χ3n) is 3.56. The molecule has 0 saturated heterocycles. The average Bonchev–Trinajstić information content (AvgIpc) is 3.10.